The normalized spacial score (nSPS) is 13.4. The van der Waals surface area contributed by atoms with Crippen LogP contribution in [0.3, 0.4) is 0 Å². The molecule has 0 saturated heterocycles. The molecule has 0 radical (unpaired) electrons. The minimum Gasteiger partial charge on any atom is -0.481 e. The molecule has 6 heteroatoms. The molecule has 2 atom stereocenters. The van der Waals surface area contributed by atoms with Crippen LogP contribution in [0, 0.1) is 11.8 Å². The summed E-state index contributed by atoms with van der Waals surface area (Å²) in [6, 6.07) is 16.6. The number of carbonyl (C=O) groups excluding carboxylic acids is 1. The largest absolute Gasteiger partial charge is 0.481 e. The fourth-order valence-electron chi connectivity index (χ4n) is 4.60. The van der Waals surface area contributed by atoms with Gasteiger partial charge in [0.2, 0.25) is 0 Å². The van der Waals surface area contributed by atoms with Crippen LogP contribution < -0.4 is 0 Å². The molecule has 0 spiro atoms. The minimum absolute atomic E-state index is 0.289. The van der Waals surface area contributed by atoms with Gasteiger partial charge in [-0.2, -0.15) is 0 Å². The highest BCUT2D eigenvalue weighted by molar-refractivity contribution is 7.18. The summed E-state index contributed by atoms with van der Waals surface area (Å²) in [5.74, 6) is -2.15. The highest BCUT2D eigenvalue weighted by atomic mass is 32.1. The Balaban J connectivity index is 1.59. The lowest BCUT2D eigenvalue weighted by atomic mass is 9.86. The number of rotatable bonds is 14. The number of para-hydroxylation sites is 1. The van der Waals surface area contributed by atoms with Crippen molar-refractivity contribution in [1.29, 1.82) is 0 Å². The van der Waals surface area contributed by atoms with Crippen LogP contribution in [0.4, 0.5) is 0 Å². The second-order valence-corrected chi connectivity index (χ2v) is 12.0. The lowest BCUT2D eigenvalue weighted by molar-refractivity contribution is -0.161. The summed E-state index contributed by atoms with van der Waals surface area (Å²) in [6.07, 6.45) is 6.86. The van der Waals surface area contributed by atoms with Gasteiger partial charge in [0.05, 0.1) is 27.1 Å². The number of hydrogen-bond acceptors (Lipinski definition) is 5. The summed E-state index contributed by atoms with van der Waals surface area (Å²) in [7, 11) is 0. The first kappa shape index (κ1) is 28.8. The third-order valence-electron chi connectivity index (χ3n) is 6.53. The van der Waals surface area contributed by atoms with E-state index in [2.05, 4.69) is 37.3 Å². The first-order chi connectivity index (χ1) is 17.6. The molecule has 0 aliphatic carbocycles. The number of fused-ring (bicyclic) bond motifs is 1. The lowest BCUT2D eigenvalue weighted by Gasteiger charge is -2.25. The van der Waals surface area contributed by atoms with E-state index in [1.807, 2.05) is 39.0 Å². The van der Waals surface area contributed by atoms with Crippen molar-refractivity contribution in [3.63, 3.8) is 0 Å². The lowest BCUT2D eigenvalue weighted by Crippen LogP contribution is -2.31. The summed E-state index contributed by atoms with van der Waals surface area (Å²) in [5, 5.41) is 11.1. The van der Waals surface area contributed by atoms with Gasteiger partial charge >= 0.3 is 11.9 Å². The van der Waals surface area contributed by atoms with Gasteiger partial charge < -0.3 is 9.84 Å². The van der Waals surface area contributed by atoms with E-state index in [-0.39, 0.29) is 5.97 Å². The minimum atomic E-state index is -0.842. The average molecular weight is 524 g/mol. The van der Waals surface area contributed by atoms with Gasteiger partial charge in [-0.15, -0.1) is 11.3 Å². The molecule has 3 rings (SSSR count). The Labute approximate surface area is 225 Å². The van der Waals surface area contributed by atoms with E-state index in [1.165, 1.54) is 10.3 Å². The average Bonchev–Trinajstić information content (AvgIpc) is 3.25. The van der Waals surface area contributed by atoms with E-state index >= 15 is 0 Å². The third kappa shape index (κ3) is 9.58. The van der Waals surface area contributed by atoms with E-state index in [4.69, 9.17) is 9.72 Å². The molecule has 0 saturated carbocycles. The number of hydrogen-bond donors (Lipinski definition) is 1. The maximum atomic E-state index is 13.0. The molecule has 0 aliphatic heterocycles. The number of ether oxygens (including phenoxy) is 1. The number of esters is 1. The van der Waals surface area contributed by atoms with E-state index in [1.54, 1.807) is 11.3 Å². The number of aryl methyl sites for hydroxylation is 3. The summed E-state index contributed by atoms with van der Waals surface area (Å²) in [5.41, 5.74) is 2.86. The molecule has 1 N–H and O–H groups in total. The Morgan fingerprint density at radius 2 is 1.59 bits per heavy atom. The molecule has 5 nitrogen and oxygen atoms in total. The second-order valence-electron chi connectivity index (χ2n) is 10.9. The Bertz CT molecular complexity index is 1110. The molecular weight excluding hydrogens is 482 g/mol. The van der Waals surface area contributed by atoms with E-state index in [0.717, 1.165) is 48.2 Å². The SMILES string of the molecule is CCCc1ccc(CCC(CC(CCCCc2nc3ccccc3s2)C(=O)OC(C)(C)C)C(=O)O)cc1. The van der Waals surface area contributed by atoms with Crippen molar-refractivity contribution in [2.45, 2.75) is 91.1 Å². The first-order valence-electron chi connectivity index (χ1n) is 13.5. The fraction of sp³-hybridized carbons (Fsp3) is 0.516. The van der Waals surface area contributed by atoms with Gasteiger partial charge in [0.1, 0.15) is 5.60 Å². The molecule has 0 bridgehead atoms. The molecular formula is C31H41NO4S. The van der Waals surface area contributed by atoms with E-state index < -0.39 is 23.4 Å². The van der Waals surface area contributed by atoms with Crippen LogP contribution in [-0.2, 0) is 33.6 Å². The highest BCUT2D eigenvalue weighted by Crippen LogP contribution is 2.28. The van der Waals surface area contributed by atoms with Crippen LogP contribution in [0.15, 0.2) is 48.5 Å². The van der Waals surface area contributed by atoms with Gasteiger partial charge in [-0.25, -0.2) is 4.98 Å². The van der Waals surface area contributed by atoms with E-state index in [0.29, 0.717) is 25.7 Å². The van der Waals surface area contributed by atoms with Crippen molar-refractivity contribution in [3.05, 3.63) is 64.7 Å². The fourth-order valence-corrected chi connectivity index (χ4v) is 5.61. The van der Waals surface area contributed by atoms with Gasteiger partial charge in [-0.3, -0.25) is 9.59 Å². The quantitative estimate of drug-likeness (QED) is 0.173. The number of carboxylic acid groups (broad SMARTS) is 1. The number of unbranched alkanes of at least 4 members (excludes halogenated alkanes) is 1. The van der Waals surface area contributed by atoms with Crippen molar-refractivity contribution in [3.8, 4) is 0 Å². The maximum absolute atomic E-state index is 13.0. The molecule has 2 aromatic carbocycles. The standard InChI is InChI=1S/C31H41NO4S/c1-5-10-22-15-17-23(18-16-22)19-20-24(29(33)34)21-25(30(35)36-31(2,3)4)11-6-9-14-28-32-26-12-7-8-13-27(26)37-28/h7-8,12-13,15-18,24-25H,5-6,9-11,14,19-21H2,1-4H3,(H,33,34). The number of benzene rings is 2. The van der Waals surface area contributed by atoms with Crippen LogP contribution >= 0.6 is 11.3 Å². The van der Waals surface area contributed by atoms with Crippen molar-refractivity contribution < 1.29 is 19.4 Å². The van der Waals surface area contributed by atoms with Gasteiger partial charge in [-0.05, 0) is 89.0 Å². The molecule has 0 amide bonds. The predicted octanol–water partition coefficient (Wildman–Crippen LogP) is 7.64. The molecule has 0 fully saturated rings. The van der Waals surface area contributed by atoms with Crippen molar-refractivity contribution in [2.75, 3.05) is 0 Å². The molecule has 1 aromatic heterocycles. The Hall–Kier alpha value is -2.73. The zero-order valence-electron chi connectivity index (χ0n) is 22.7. The Morgan fingerprint density at radius 1 is 0.919 bits per heavy atom. The summed E-state index contributed by atoms with van der Waals surface area (Å²) < 4.78 is 6.88. The van der Waals surface area contributed by atoms with Gasteiger partial charge in [-0.1, -0.05) is 56.2 Å². The number of carbonyl (C=O) groups is 2. The molecule has 1 heterocycles. The topological polar surface area (TPSA) is 76.5 Å². The van der Waals surface area contributed by atoms with Crippen molar-refractivity contribution in [2.24, 2.45) is 11.8 Å². The Kier molecular flexibility index (Phi) is 10.7. The van der Waals surface area contributed by atoms with Crippen LogP contribution in [0.25, 0.3) is 10.2 Å². The smallest absolute Gasteiger partial charge is 0.309 e. The van der Waals surface area contributed by atoms with Crippen LogP contribution in [0.2, 0.25) is 0 Å². The monoisotopic (exact) mass is 523 g/mol. The number of aromatic nitrogens is 1. The summed E-state index contributed by atoms with van der Waals surface area (Å²) in [6.45, 7) is 7.72. The Morgan fingerprint density at radius 3 is 2.22 bits per heavy atom. The van der Waals surface area contributed by atoms with E-state index in [9.17, 15) is 14.7 Å². The second kappa shape index (κ2) is 13.7. The predicted molar refractivity (Wildman–Crippen MR) is 151 cm³/mol. The number of thiazole rings is 1. The molecule has 0 aliphatic rings. The summed E-state index contributed by atoms with van der Waals surface area (Å²) >= 11 is 1.71. The van der Waals surface area contributed by atoms with Crippen LogP contribution in [0.5, 0.6) is 0 Å². The number of nitrogens with zero attached hydrogens (tertiary/aromatic N) is 1. The zero-order valence-corrected chi connectivity index (χ0v) is 23.5. The number of aliphatic carboxylic acids is 1. The third-order valence-corrected chi connectivity index (χ3v) is 7.63. The summed E-state index contributed by atoms with van der Waals surface area (Å²) in [4.78, 5) is 29.9. The van der Waals surface area contributed by atoms with Crippen LogP contribution in [-0.4, -0.2) is 27.6 Å². The van der Waals surface area contributed by atoms with Gasteiger partial charge in [0, 0.05) is 0 Å². The number of carboxylic acids is 1. The van der Waals surface area contributed by atoms with Crippen molar-refractivity contribution >= 4 is 33.5 Å². The van der Waals surface area contributed by atoms with Gasteiger partial charge in [0.15, 0.2) is 0 Å². The van der Waals surface area contributed by atoms with Crippen molar-refractivity contribution in [1.82, 2.24) is 4.98 Å². The van der Waals surface area contributed by atoms with Gasteiger partial charge in [0.25, 0.3) is 0 Å². The molecule has 3 aromatic rings. The van der Waals surface area contributed by atoms with Crippen LogP contribution in [0.1, 0.15) is 82.4 Å². The zero-order chi connectivity index (χ0) is 26.8. The first-order valence-corrected chi connectivity index (χ1v) is 14.3. The molecule has 2 unspecified atom stereocenters. The molecule has 37 heavy (non-hydrogen) atoms. The maximum Gasteiger partial charge on any atom is 0.309 e. The highest BCUT2D eigenvalue weighted by Gasteiger charge is 2.30. The molecule has 200 valence electrons.